The highest BCUT2D eigenvalue weighted by molar-refractivity contribution is 5.71. The Balaban J connectivity index is 4.41. The molecule has 0 aliphatic rings. The van der Waals surface area contributed by atoms with Gasteiger partial charge < -0.3 is 14.2 Å². The molecule has 0 heterocycles. The molecule has 69 heavy (non-hydrogen) atoms. The van der Waals surface area contributed by atoms with Gasteiger partial charge in [-0.1, -0.05) is 255 Å². The van der Waals surface area contributed by atoms with Crippen LogP contribution in [-0.2, 0) is 28.6 Å². The lowest BCUT2D eigenvalue weighted by atomic mass is 10.0. The van der Waals surface area contributed by atoms with Gasteiger partial charge in [0.1, 0.15) is 13.2 Å². The Kier molecular flexibility index (Phi) is 55.3. The molecule has 0 spiro atoms. The van der Waals surface area contributed by atoms with Crippen LogP contribution in [0.15, 0.2) is 60.8 Å². The van der Waals surface area contributed by atoms with Crippen molar-refractivity contribution in [1.82, 2.24) is 0 Å². The van der Waals surface area contributed by atoms with Gasteiger partial charge in [0.15, 0.2) is 6.10 Å². The SMILES string of the molecule is CCCCC/C=C\C/C=C\C/C=C\C/C=C\CCCCCC(=O)OC[C@@H](COC(=O)CCCCCCC/C=C\CCCCCCC)OC(=O)CCCCCCCCCCCCCCCCCCCC. The van der Waals surface area contributed by atoms with E-state index in [9.17, 15) is 14.4 Å². The summed E-state index contributed by atoms with van der Waals surface area (Å²) in [7, 11) is 0. The average Bonchev–Trinajstić information content (AvgIpc) is 3.35. The molecule has 0 aliphatic carbocycles. The van der Waals surface area contributed by atoms with Gasteiger partial charge >= 0.3 is 17.9 Å². The summed E-state index contributed by atoms with van der Waals surface area (Å²) in [4.78, 5) is 38.2. The molecule has 6 nitrogen and oxygen atoms in total. The largest absolute Gasteiger partial charge is 0.462 e. The minimum absolute atomic E-state index is 0.0863. The summed E-state index contributed by atoms with van der Waals surface area (Å²) >= 11 is 0. The van der Waals surface area contributed by atoms with E-state index in [-0.39, 0.29) is 31.1 Å². The molecule has 0 unspecified atom stereocenters. The van der Waals surface area contributed by atoms with Crippen molar-refractivity contribution in [3.05, 3.63) is 60.8 Å². The molecule has 0 aromatic heterocycles. The highest BCUT2D eigenvalue weighted by Crippen LogP contribution is 2.16. The fraction of sp³-hybridized carbons (Fsp3) is 0.794. The van der Waals surface area contributed by atoms with E-state index >= 15 is 0 Å². The molecule has 0 aliphatic heterocycles. The van der Waals surface area contributed by atoms with Crippen molar-refractivity contribution in [2.24, 2.45) is 0 Å². The number of allylic oxidation sites excluding steroid dienone is 10. The maximum atomic E-state index is 12.9. The van der Waals surface area contributed by atoms with Crippen molar-refractivity contribution in [2.45, 2.75) is 309 Å². The van der Waals surface area contributed by atoms with Crippen LogP contribution in [0.2, 0.25) is 0 Å². The Morgan fingerprint density at radius 2 is 0.522 bits per heavy atom. The Morgan fingerprint density at radius 3 is 0.870 bits per heavy atom. The van der Waals surface area contributed by atoms with E-state index in [2.05, 4.69) is 81.5 Å². The monoisotopic (exact) mass is 965 g/mol. The van der Waals surface area contributed by atoms with Crippen molar-refractivity contribution in [3.8, 4) is 0 Å². The van der Waals surface area contributed by atoms with Crippen LogP contribution >= 0.6 is 0 Å². The first kappa shape index (κ1) is 66.1. The molecule has 0 amide bonds. The summed E-state index contributed by atoms with van der Waals surface area (Å²) in [6.45, 7) is 6.60. The van der Waals surface area contributed by atoms with Crippen LogP contribution in [-0.4, -0.2) is 37.2 Å². The molecule has 1 atom stereocenters. The molecule has 400 valence electrons. The smallest absolute Gasteiger partial charge is 0.306 e. The zero-order valence-electron chi connectivity index (χ0n) is 45.8. The lowest BCUT2D eigenvalue weighted by Crippen LogP contribution is -2.30. The number of unbranched alkanes of at least 4 members (excludes halogenated alkanes) is 33. The van der Waals surface area contributed by atoms with Crippen LogP contribution in [0.5, 0.6) is 0 Å². The third-order valence-corrected chi connectivity index (χ3v) is 13.0. The summed E-state index contributed by atoms with van der Waals surface area (Å²) < 4.78 is 16.9. The van der Waals surface area contributed by atoms with Crippen molar-refractivity contribution in [1.29, 1.82) is 0 Å². The summed E-state index contributed by atoms with van der Waals surface area (Å²) in [5.41, 5.74) is 0. The molecule has 0 aromatic rings. The van der Waals surface area contributed by atoms with E-state index in [4.69, 9.17) is 14.2 Å². The van der Waals surface area contributed by atoms with E-state index in [1.54, 1.807) is 0 Å². The highest BCUT2D eigenvalue weighted by Gasteiger charge is 2.19. The molecular weight excluding hydrogens is 853 g/mol. The zero-order valence-corrected chi connectivity index (χ0v) is 45.8. The molecule has 6 heteroatoms. The fourth-order valence-electron chi connectivity index (χ4n) is 8.48. The van der Waals surface area contributed by atoms with Crippen molar-refractivity contribution in [2.75, 3.05) is 13.2 Å². The third-order valence-electron chi connectivity index (χ3n) is 13.0. The normalized spacial score (nSPS) is 12.4. The van der Waals surface area contributed by atoms with Gasteiger partial charge in [-0.3, -0.25) is 14.4 Å². The number of esters is 3. The van der Waals surface area contributed by atoms with Crippen molar-refractivity contribution >= 4 is 17.9 Å². The number of ether oxygens (including phenoxy) is 3. The van der Waals surface area contributed by atoms with Crippen molar-refractivity contribution < 1.29 is 28.6 Å². The fourth-order valence-corrected chi connectivity index (χ4v) is 8.48. The number of rotatable bonds is 54. The summed E-state index contributed by atoms with van der Waals surface area (Å²) in [6.07, 6.45) is 72.1. The second kappa shape index (κ2) is 57.7. The van der Waals surface area contributed by atoms with Gasteiger partial charge in [0.25, 0.3) is 0 Å². The number of hydrogen-bond donors (Lipinski definition) is 0. The lowest BCUT2D eigenvalue weighted by Gasteiger charge is -2.18. The molecular formula is C63H112O6. The van der Waals surface area contributed by atoms with Gasteiger partial charge in [0.05, 0.1) is 0 Å². The molecule has 0 saturated carbocycles. The van der Waals surface area contributed by atoms with Gasteiger partial charge in [-0.15, -0.1) is 0 Å². The van der Waals surface area contributed by atoms with E-state index in [1.165, 1.54) is 173 Å². The first-order valence-corrected chi connectivity index (χ1v) is 29.8. The molecule has 0 radical (unpaired) electrons. The van der Waals surface area contributed by atoms with E-state index in [1.807, 2.05) is 0 Å². The predicted octanol–water partition coefficient (Wildman–Crippen LogP) is 20.0. The van der Waals surface area contributed by atoms with Crippen LogP contribution in [0, 0.1) is 0 Å². The van der Waals surface area contributed by atoms with E-state index in [0.29, 0.717) is 19.3 Å². The van der Waals surface area contributed by atoms with Gasteiger partial charge in [-0.25, -0.2) is 0 Å². The molecule has 0 rings (SSSR count). The third kappa shape index (κ3) is 55.9. The van der Waals surface area contributed by atoms with E-state index in [0.717, 1.165) is 89.9 Å². The Bertz CT molecular complexity index is 1250. The molecule has 0 fully saturated rings. The van der Waals surface area contributed by atoms with Crippen LogP contribution in [0.4, 0.5) is 0 Å². The zero-order chi connectivity index (χ0) is 50.0. The van der Waals surface area contributed by atoms with Gasteiger partial charge in [0, 0.05) is 19.3 Å². The minimum Gasteiger partial charge on any atom is -0.462 e. The maximum absolute atomic E-state index is 12.9. The molecule has 0 aromatic carbocycles. The Labute approximate surface area is 428 Å². The van der Waals surface area contributed by atoms with Gasteiger partial charge in [0.2, 0.25) is 0 Å². The number of hydrogen-bond acceptors (Lipinski definition) is 6. The highest BCUT2D eigenvalue weighted by atomic mass is 16.6. The second-order valence-corrected chi connectivity index (χ2v) is 19.9. The van der Waals surface area contributed by atoms with Crippen LogP contribution in [0.1, 0.15) is 303 Å². The predicted molar refractivity (Wildman–Crippen MR) is 298 cm³/mol. The number of carbonyl (C=O) groups is 3. The van der Waals surface area contributed by atoms with Crippen LogP contribution in [0.3, 0.4) is 0 Å². The first-order valence-electron chi connectivity index (χ1n) is 29.8. The summed E-state index contributed by atoms with van der Waals surface area (Å²) in [5.74, 6) is -0.911. The van der Waals surface area contributed by atoms with Crippen LogP contribution in [0.25, 0.3) is 0 Å². The quantitative estimate of drug-likeness (QED) is 0.0262. The Morgan fingerprint density at radius 1 is 0.290 bits per heavy atom. The first-order chi connectivity index (χ1) is 34.0. The average molecular weight is 966 g/mol. The Hall–Kier alpha value is -2.89. The topological polar surface area (TPSA) is 78.9 Å². The van der Waals surface area contributed by atoms with E-state index < -0.39 is 6.10 Å². The summed E-state index contributed by atoms with van der Waals surface area (Å²) in [5, 5.41) is 0. The van der Waals surface area contributed by atoms with Crippen LogP contribution < -0.4 is 0 Å². The molecule has 0 N–H and O–H groups in total. The van der Waals surface area contributed by atoms with Gasteiger partial charge in [-0.2, -0.15) is 0 Å². The standard InChI is InChI=1S/C63H112O6/c1-4-7-10-13-16-19-22-25-28-30-32-34-35-38-41-44-47-50-53-56-62(65)68-59-60(58-67-61(64)55-52-49-46-43-40-37-27-24-21-18-15-12-9-6-3)69-63(66)57-54-51-48-45-42-39-36-33-31-29-26-23-20-17-14-11-8-5-2/h16,19,24-25,27-28,32,34,38,41,60H,4-15,17-18,20-23,26,29-31,33,35-37,39-40,42-59H2,1-3H3/b19-16-,27-24-,28-25-,34-32-,41-38-/t60-/m1/s1. The maximum Gasteiger partial charge on any atom is 0.306 e. The van der Waals surface area contributed by atoms with Crippen molar-refractivity contribution in [3.63, 3.8) is 0 Å². The van der Waals surface area contributed by atoms with Gasteiger partial charge in [-0.05, 0) is 89.9 Å². The lowest BCUT2D eigenvalue weighted by molar-refractivity contribution is -0.167. The molecule has 0 saturated heterocycles. The minimum atomic E-state index is -0.789. The molecule has 0 bridgehead atoms. The summed E-state index contributed by atoms with van der Waals surface area (Å²) in [6, 6.07) is 0. The second-order valence-electron chi connectivity index (χ2n) is 19.9. The number of carbonyl (C=O) groups excluding carboxylic acids is 3.